The number of aliphatic hydroxyl groups excluding tert-OH is 1. The predicted octanol–water partition coefficient (Wildman–Crippen LogP) is 2.71. The number of hydrogen-bond donors (Lipinski definition) is 27. The number of cyclic esters (lactones) is 2. The first-order valence-electron chi connectivity index (χ1n) is 34.3. The second-order valence-electron chi connectivity index (χ2n) is 27.1. The molecular formula is C75H50O48. The molecule has 0 saturated carbocycles. The van der Waals surface area contributed by atoms with Gasteiger partial charge in [-0.25, -0.2) is 43.2 Å². The van der Waals surface area contributed by atoms with E-state index >= 15 is 19.2 Å². The minimum absolute atomic E-state index is 0.214. The van der Waals surface area contributed by atoms with Gasteiger partial charge in [0.05, 0.1) is 50.1 Å². The van der Waals surface area contributed by atoms with Crippen molar-refractivity contribution in [3.8, 4) is 205 Å². The predicted molar refractivity (Wildman–Crippen MR) is 378 cm³/mol. The summed E-state index contributed by atoms with van der Waals surface area (Å²) in [6, 6.07) is 2.51. The molecule has 48 heteroatoms. The van der Waals surface area contributed by atoms with Crippen LogP contribution in [0.2, 0.25) is 0 Å². The smallest absolute Gasteiger partial charge is 0.343 e. The molecule has 27 N–H and O–H groups in total. The lowest BCUT2D eigenvalue weighted by Crippen LogP contribution is -2.63. The second-order valence-corrected chi connectivity index (χ2v) is 27.1. The van der Waals surface area contributed by atoms with Crippen molar-refractivity contribution in [2.45, 2.75) is 61.4 Å². The molecule has 6 heterocycles. The van der Waals surface area contributed by atoms with Crippen molar-refractivity contribution in [2.24, 2.45) is 0 Å². The lowest BCUT2D eigenvalue weighted by atomic mass is 9.90. The monoisotopic (exact) mass is 1720 g/mol. The van der Waals surface area contributed by atoms with Crippen LogP contribution in [0, 0.1) is 0 Å². The van der Waals surface area contributed by atoms with Crippen LogP contribution in [0.25, 0.3) is 44.5 Å². The second kappa shape index (κ2) is 28.8. The molecule has 638 valence electrons. The van der Waals surface area contributed by atoms with Gasteiger partial charge in [-0.2, -0.15) is 0 Å². The van der Waals surface area contributed by atoms with E-state index in [9.17, 15) is 162 Å². The molecular weight excluding hydrogens is 1670 g/mol. The number of hydrogen-bond acceptors (Lipinski definition) is 48. The van der Waals surface area contributed by atoms with Crippen molar-refractivity contribution in [2.75, 3.05) is 13.2 Å². The van der Waals surface area contributed by atoms with E-state index in [4.69, 9.17) is 56.8 Å². The quantitative estimate of drug-likeness (QED) is 0.0684. The zero-order chi connectivity index (χ0) is 89.2. The maximum Gasteiger partial charge on any atom is 0.343 e. The van der Waals surface area contributed by atoms with Crippen molar-refractivity contribution in [1.29, 1.82) is 0 Å². The number of phenolic OH excluding ortho intramolecular Hbond substituents is 26. The lowest BCUT2D eigenvalue weighted by molar-refractivity contribution is -0.284. The molecule has 6 aliphatic heterocycles. The van der Waals surface area contributed by atoms with E-state index in [0.29, 0.717) is 18.2 Å². The number of esters is 9. The van der Waals surface area contributed by atoms with Crippen LogP contribution in [0.4, 0.5) is 0 Å². The van der Waals surface area contributed by atoms with Gasteiger partial charge < -0.3 is 195 Å². The SMILES string of the molecule is O=C(OC1OC2COC(=O)c3cc(O)c(O)c(O)c3-c3c(cc(O)c(O)c3O)C(=O)OC2C2OC(=O)c3cc(O)c(O)c(O)c3-c3c(cc(O)c(O)c3O)C(=O)OC12)c1cc(O)c(O)c(Oc2c(O)c(O)c(O)c3c2C(=O)OC2C(COC(=O)c4cc(O)c(O)c(O)c4-3)OC(O)C3OC(=O)c4cc(O)c(O)c(O)c4-c4c(cc(O)c(O)c4O)C(=O)OC32)c1. The molecule has 2 saturated heterocycles. The lowest BCUT2D eigenvalue weighted by Gasteiger charge is -2.44. The summed E-state index contributed by atoms with van der Waals surface area (Å²) < 4.78 is 68.3. The Morgan fingerprint density at radius 1 is 0.268 bits per heavy atom. The highest BCUT2D eigenvalue weighted by atomic mass is 16.8. The van der Waals surface area contributed by atoms with Gasteiger partial charge in [-0.15, -0.1) is 0 Å². The number of phenols is 26. The molecule has 0 bridgehead atoms. The van der Waals surface area contributed by atoms with Gasteiger partial charge in [-0.3, -0.25) is 0 Å². The normalized spacial score (nSPS) is 21.0. The van der Waals surface area contributed by atoms with E-state index in [1.807, 2.05) is 0 Å². The molecule has 48 nitrogen and oxygen atoms in total. The van der Waals surface area contributed by atoms with E-state index in [1.165, 1.54) is 0 Å². The topological polar surface area (TPSA) is 811 Å². The van der Waals surface area contributed by atoms with E-state index in [0.717, 1.165) is 0 Å². The highest BCUT2D eigenvalue weighted by Crippen LogP contribution is 2.62. The molecule has 0 amide bonds. The fourth-order valence-electron chi connectivity index (χ4n) is 14.2. The third-order valence-electron chi connectivity index (χ3n) is 20.0. The molecule has 9 aromatic carbocycles. The van der Waals surface area contributed by atoms with Crippen molar-refractivity contribution in [3.63, 3.8) is 0 Å². The molecule has 15 rings (SSSR count). The number of fused-ring (bicyclic) bond motifs is 18. The van der Waals surface area contributed by atoms with Crippen LogP contribution in [0.1, 0.15) is 93.2 Å². The molecule has 6 aliphatic rings. The van der Waals surface area contributed by atoms with E-state index in [1.54, 1.807) is 0 Å². The number of carbonyl (C=O) groups excluding carboxylic acids is 9. The zero-order valence-corrected chi connectivity index (χ0v) is 60.0. The Labute approximate surface area is 674 Å². The molecule has 2 fully saturated rings. The fourth-order valence-corrected chi connectivity index (χ4v) is 14.2. The highest BCUT2D eigenvalue weighted by molar-refractivity contribution is 6.14. The summed E-state index contributed by atoms with van der Waals surface area (Å²) in [6.45, 7) is -2.99. The van der Waals surface area contributed by atoms with E-state index < -0.39 is 384 Å². The van der Waals surface area contributed by atoms with Gasteiger partial charge in [0.1, 0.15) is 31.0 Å². The van der Waals surface area contributed by atoms with Gasteiger partial charge in [0.25, 0.3) is 0 Å². The van der Waals surface area contributed by atoms with Gasteiger partial charge in [0.15, 0.2) is 140 Å². The molecule has 0 aromatic heterocycles. The van der Waals surface area contributed by atoms with E-state index in [-0.39, 0.29) is 36.4 Å². The number of rotatable bonds is 4. The Morgan fingerprint density at radius 2 is 0.545 bits per heavy atom. The first-order valence-corrected chi connectivity index (χ1v) is 34.3. The van der Waals surface area contributed by atoms with Crippen molar-refractivity contribution in [1.82, 2.24) is 0 Å². The van der Waals surface area contributed by atoms with Crippen LogP contribution in [0.3, 0.4) is 0 Å². The number of aliphatic hydroxyl groups is 1. The summed E-state index contributed by atoms with van der Waals surface area (Å²) >= 11 is 0. The summed E-state index contributed by atoms with van der Waals surface area (Å²) in [5.74, 6) is -62.6. The molecule has 123 heavy (non-hydrogen) atoms. The Morgan fingerprint density at radius 3 is 0.902 bits per heavy atom. The van der Waals surface area contributed by atoms with Gasteiger partial charge in [-0.1, -0.05) is 0 Å². The fraction of sp³-hybridized carbons (Fsp3) is 0.160. The van der Waals surface area contributed by atoms with Crippen molar-refractivity contribution in [3.05, 3.63) is 105 Å². The zero-order valence-electron chi connectivity index (χ0n) is 60.0. The Bertz CT molecular complexity index is 6300. The Hall–Kier alpha value is -17.3. The van der Waals surface area contributed by atoms with Gasteiger partial charge >= 0.3 is 53.7 Å². The standard InChI is InChI=1S/C75H50O48/c76-20-1-12(65(102)123-75-64-62(120-70(107)17-7-25(81)44(88)51(95)34(17)36-19(72(109)122-64)9-27(83)46(90)53(36)97)59-30(116-75)11-113-66(103)13-3-21(77)41(85)48(92)31(13)32-15(68(105)117-59)5-23(79)42(86)49(32)93)2-28(40(20)84)114-60-39-38(55(99)56(100)57(60)101)37-14(4-22(78)47(91)54(37)98)67(104)112-10-29-58(118-73(39)110)61-63(74(111)115-29)121-71(108)18-8-26(82)45(89)52(96)35(18)33-16(69(106)119-61)6-24(80)43(87)50(33)94/h1-9,29-30,58-59,61-64,74-101,111H,10-11H2. The summed E-state index contributed by atoms with van der Waals surface area (Å²) in [5.41, 5.74) is -22.4. The number of benzene rings is 9. The van der Waals surface area contributed by atoms with Crippen LogP contribution in [0.15, 0.2) is 54.6 Å². The highest BCUT2D eigenvalue weighted by Gasteiger charge is 2.58. The summed E-state index contributed by atoms with van der Waals surface area (Å²) in [4.78, 5) is 134. The van der Waals surface area contributed by atoms with E-state index in [2.05, 4.69) is 0 Å². The Kier molecular flexibility index (Phi) is 18.9. The van der Waals surface area contributed by atoms with Gasteiger partial charge in [0, 0.05) is 38.9 Å². The average molecular weight is 1720 g/mol. The third-order valence-corrected chi connectivity index (χ3v) is 20.0. The molecule has 0 spiro atoms. The summed E-state index contributed by atoms with van der Waals surface area (Å²) in [7, 11) is 0. The minimum atomic E-state index is -3.00. The maximum absolute atomic E-state index is 15.8. The van der Waals surface area contributed by atoms with Crippen LogP contribution in [0.5, 0.6) is 161 Å². The Balaban J connectivity index is 0.874. The van der Waals surface area contributed by atoms with Crippen molar-refractivity contribution < 1.29 is 238 Å². The summed E-state index contributed by atoms with van der Waals surface area (Å²) in [5, 5.41) is 302. The van der Waals surface area contributed by atoms with Gasteiger partial charge in [0.2, 0.25) is 69.9 Å². The molecule has 10 atom stereocenters. The van der Waals surface area contributed by atoms with Crippen LogP contribution in [-0.4, -0.2) is 266 Å². The van der Waals surface area contributed by atoms with Crippen LogP contribution < -0.4 is 4.74 Å². The van der Waals surface area contributed by atoms with Gasteiger partial charge in [-0.05, 0) is 54.6 Å². The van der Waals surface area contributed by atoms with Crippen LogP contribution in [-0.2, 0) is 52.1 Å². The molecule has 9 aromatic rings. The molecule has 10 unspecified atom stereocenters. The first kappa shape index (κ1) is 80.9. The van der Waals surface area contributed by atoms with Crippen molar-refractivity contribution >= 4 is 53.7 Å². The average Bonchev–Trinajstić information content (AvgIpc) is 1.61. The minimum Gasteiger partial charge on any atom is -0.504 e. The third kappa shape index (κ3) is 12.5. The number of aromatic hydroxyl groups is 26. The number of carbonyl (C=O) groups is 9. The number of ether oxygens (including phenoxy) is 12. The van der Waals surface area contributed by atoms with Crippen LogP contribution >= 0.6 is 0 Å². The maximum atomic E-state index is 15.8. The molecule has 0 radical (unpaired) electrons. The molecule has 0 aliphatic carbocycles. The summed E-state index contributed by atoms with van der Waals surface area (Å²) in [6.07, 6.45) is -27.4. The largest absolute Gasteiger partial charge is 0.504 e. The first-order chi connectivity index (χ1) is 57.9.